The third-order valence-corrected chi connectivity index (χ3v) is 7.70. The fourth-order valence-electron chi connectivity index (χ4n) is 4.52. The van der Waals surface area contributed by atoms with Gasteiger partial charge in [-0.15, -0.1) is 11.3 Å². The molecule has 1 aliphatic heterocycles. The maximum Gasteiger partial charge on any atom is 0.341 e. The van der Waals surface area contributed by atoms with E-state index in [-0.39, 0.29) is 17.5 Å². The maximum atomic E-state index is 13.5. The molecule has 0 spiro atoms. The molecule has 0 aliphatic carbocycles. The summed E-state index contributed by atoms with van der Waals surface area (Å²) in [5.41, 5.74) is 0.931. The summed E-state index contributed by atoms with van der Waals surface area (Å²) in [6.07, 6.45) is 3.42. The molecule has 4 aromatic rings. The zero-order chi connectivity index (χ0) is 26.3. The minimum atomic E-state index is -1.25. The Kier molecular flexibility index (Phi) is 6.43. The second-order valence-electron chi connectivity index (χ2n) is 9.23. The van der Waals surface area contributed by atoms with Crippen LogP contribution in [0.3, 0.4) is 0 Å². The number of aromatic carboxylic acids is 1. The molecule has 7 nitrogen and oxygen atoms in total. The summed E-state index contributed by atoms with van der Waals surface area (Å²) in [6, 6.07) is 17.6. The lowest BCUT2D eigenvalue weighted by Crippen LogP contribution is -2.27. The molecule has 0 fully saturated rings. The SMILES string of the molecule is COC1=C(Cc2ccc(-c3cn(C(C)C)cc(C(=O)O)c3=O)s2)C(=O)N(c2ccc3ccccc3c2)C1. The van der Waals surface area contributed by atoms with Crippen LogP contribution in [0.15, 0.2) is 83.1 Å². The van der Waals surface area contributed by atoms with E-state index >= 15 is 0 Å². The maximum absolute atomic E-state index is 13.5. The number of nitrogens with zero attached hydrogens (tertiary/aromatic N) is 2. The van der Waals surface area contributed by atoms with Gasteiger partial charge in [0.25, 0.3) is 5.91 Å². The summed E-state index contributed by atoms with van der Waals surface area (Å²) in [4.78, 5) is 41.3. The van der Waals surface area contributed by atoms with E-state index in [1.165, 1.54) is 17.5 Å². The number of carbonyl (C=O) groups is 2. The predicted molar refractivity (Wildman–Crippen MR) is 145 cm³/mol. The Morgan fingerprint density at radius 1 is 1.05 bits per heavy atom. The summed E-state index contributed by atoms with van der Waals surface area (Å²) in [6.45, 7) is 4.19. The first kappa shape index (κ1) is 24.5. The predicted octanol–water partition coefficient (Wildman–Crippen LogP) is 5.50. The molecule has 1 N–H and O–H groups in total. The first-order valence-corrected chi connectivity index (χ1v) is 12.7. The van der Waals surface area contributed by atoms with E-state index in [2.05, 4.69) is 0 Å². The number of thiophene rings is 1. The highest BCUT2D eigenvalue weighted by Crippen LogP contribution is 2.33. The number of carboxylic acids is 1. The number of ether oxygens (including phenoxy) is 1. The Morgan fingerprint density at radius 2 is 1.81 bits per heavy atom. The molecule has 2 aromatic heterocycles. The quantitative estimate of drug-likeness (QED) is 0.352. The van der Waals surface area contributed by atoms with E-state index in [1.54, 1.807) is 28.8 Å². The molecule has 188 valence electrons. The molecule has 0 saturated carbocycles. The zero-order valence-electron chi connectivity index (χ0n) is 20.7. The largest absolute Gasteiger partial charge is 0.499 e. The summed E-state index contributed by atoms with van der Waals surface area (Å²) >= 11 is 1.37. The number of benzene rings is 2. The van der Waals surface area contributed by atoms with Gasteiger partial charge in [-0.1, -0.05) is 30.3 Å². The van der Waals surface area contributed by atoms with Crippen molar-refractivity contribution < 1.29 is 19.4 Å². The Balaban J connectivity index is 1.44. The van der Waals surface area contributed by atoms with Gasteiger partial charge in [0.05, 0.1) is 24.8 Å². The number of hydrogen-bond acceptors (Lipinski definition) is 5. The van der Waals surface area contributed by atoms with Gasteiger partial charge in [0.1, 0.15) is 11.3 Å². The Labute approximate surface area is 217 Å². The molecule has 5 rings (SSSR count). The average Bonchev–Trinajstić information content (AvgIpc) is 3.48. The molecule has 8 heteroatoms. The number of hydrogen-bond donors (Lipinski definition) is 1. The smallest absolute Gasteiger partial charge is 0.341 e. The number of methoxy groups -OCH3 is 1. The van der Waals surface area contributed by atoms with Gasteiger partial charge in [0.15, 0.2) is 0 Å². The summed E-state index contributed by atoms with van der Waals surface area (Å²) < 4.78 is 7.33. The van der Waals surface area contributed by atoms with Gasteiger partial charge in [-0.3, -0.25) is 9.59 Å². The Morgan fingerprint density at radius 3 is 2.51 bits per heavy atom. The molecule has 0 atom stereocenters. The van der Waals surface area contributed by atoms with Crippen LogP contribution in [-0.2, 0) is 16.0 Å². The molecule has 0 saturated heterocycles. The molecular formula is C29H26N2O5S. The lowest BCUT2D eigenvalue weighted by Gasteiger charge is -2.17. The number of carbonyl (C=O) groups excluding carboxylic acids is 1. The fourth-order valence-corrected chi connectivity index (χ4v) is 5.55. The molecule has 0 radical (unpaired) electrons. The van der Waals surface area contributed by atoms with Crippen LogP contribution in [0.2, 0.25) is 0 Å². The molecule has 0 unspecified atom stereocenters. The number of rotatable bonds is 7. The first-order valence-electron chi connectivity index (χ1n) is 11.9. The summed E-state index contributed by atoms with van der Waals surface area (Å²) in [5, 5.41) is 11.7. The van der Waals surface area contributed by atoms with Crippen LogP contribution in [-0.4, -0.2) is 35.2 Å². The minimum Gasteiger partial charge on any atom is -0.499 e. The van der Waals surface area contributed by atoms with Crippen molar-refractivity contribution in [3.05, 3.63) is 99.0 Å². The van der Waals surface area contributed by atoms with E-state index in [0.29, 0.717) is 34.7 Å². The van der Waals surface area contributed by atoms with Crippen LogP contribution in [0.5, 0.6) is 0 Å². The van der Waals surface area contributed by atoms with Crippen LogP contribution in [0.1, 0.15) is 35.1 Å². The highest BCUT2D eigenvalue weighted by Gasteiger charge is 2.32. The molecule has 1 aliphatic rings. The minimum absolute atomic E-state index is 0.0106. The van der Waals surface area contributed by atoms with Gasteiger partial charge in [-0.05, 0) is 48.9 Å². The number of carboxylic acid groups (broad SMARTS) is 1. The van der Waals surface area contributed by atoms with Crippen molar-refractivity contribution in [2.24, 2.45) is 0 Å². The number of amides is 1. The van der Waals surface area contributed by atoms with E-state index in [9.17, 15) is 19.5 Å². The molecule has 3 heterocycles. The van der Waals surface area contributed by atoms with Gasteiger partial charge in [0.2, 0.25) is 5.43 Å². The molecule has 1 amide bonds. The lowest BCUT2D eigenvalue weighted by atomic mass is 10.1. The van der Waals surface area contributed by atoms with E-state index < -0.39 is 11.4 Å². The van der Waals surface area contributed by atoms with E-state index in [0.717, 1.165) is 21.3 Å². The first-order chi connectivity index (χ1) is 17.8. The van der Waals surface area contributed by atoms with E-state index in [1.807, 2.05) is 62.4 Å². The van der Waals surface area contributed by atoms with Gasteiger partial charge >= 0.3 is 5.97 Å². The van der Waals surface area contributed by atoms with Crippen molar-refractivity contribution >= 4 is 39.7 Å². The van der Waals surface area contributed by atoms with Crippen LogP contribution < -0.4 is 10.3 Å². The second kappa shape index (κ2) is 9.71. The third-order valence-electron chi connectivity index (χ3n) is 6.58. The Hall–Kier alpha value is -4.17. The highest BCUT2D eigenvalue weighted by molar-refractivity contribution is 7.15. The lowest BCUT2D eigenvalue weighted by molar-refractivity contribution is -0.114. The van der Waals surface area contributed by atoms with Gasteiger partial charge in [-0.2, -0.15) is 0 Å². The van der Waals surface area contributed by atoms with Crippen molar-refractivity contribution in [2.75, 3.05) is 18.6 Å². The van der Waals surface area contributed by atoms with Crippen molar-refractivity contribution in [1.29, 1.82) is 0 Å². The molecule has 37 heavy (non-hydrogen) atoms. The second-order valence-corrected chi connectivity index (χ2v) is 10.4. The highest BCUT2D eigenvalue weighted by atomic mass is 32.1. The summed E-state index contributed by atoms with van der Waals surface area (Å²) in [5.74, 6) is -0.751. The molecular weight excluding hydrogens is 488 g/mol. The number of fused-ring (bicyclic) bond motifs is 1. The van der Waals surface area contributed by atoms with Crippen LogP contribution in [0.25, 0.3) is 21.2 Å². The Bertz CT molecular complexity index is 1630. The number of anilines is 1. The van der Waals surface area contributed by atoms with E-state index in [4.69, 9.17) is 4.74 Å². The summed E-state index contributed by atoms with van der Waals surface area (Å²) in [7, 11) is 1.57. The van der Waals surface area contributed by atoms with Gasteiger partial charge < -0.3 is 19.3 Å². The topological polar surface area (TPSA) is 88.8 Å². The standard InChI is InChI=1S/C29H26N2O5S/c1-17(2)30-14-23(27(32)24(15-30)29(34)35)26-11-10-21(37-26)13-22-25(36-3)16-31(28(22)33)20-9-8-18-6-4-5-7-19(18)12-20/h4-12,14-15,17H,13,16H2,1-3H3,(H,34,35). The fraction of sp³-hybridized carbons (Fsp3) is 0.207. The van der Waals surface area contributed by atoms with Gasteiger partial charge in [-0.25, -0.2) is 4.79 Å². The van der Waals surface area contributed by atoms with Crippen LogP contribution in [0.4, 0.5) is 5.69 Å². The van der Waals surface area contributed by atoms with Crippen molar-refractivity contribution in [3.8, 4) is 10.4 Å². The number of aromatic nitrogens is 1. The van der Waals surface area contributed by atoms with Crippen molar-refractivity contribution in [3.63, 3.8) is 0 Å². The molecule has 2 aromatic carbocycles. The monoisotopic (exact) mass is 514 g/mol. The average molecular weight is 515 g/mol. The molecule has 0 bridgehead atoms. The van der Waals surface area contributed by atoms with Crippen molar-refractivity contribution in [2.45, 2.75) is 26.3 Å². The van der Waals surface area contributed by atoms with Crippen LogP contribution >= 0.6 is 11.3 Å². The van der Waals surface area contributed by atoms with Gasteiger partial charge in [0, 0.05) is 40.3 Å². The third kappa shape index (κ3) is 4.56. The van der Waals surface area contributed by atoms with Crippen molar-refractivity contribution in [1.82, 2.24) is 4.57 Å². The zero-order valence-corrected chi connectivity index (χ0v) is 21.5. The number of pyridine rings is 1. The van der Waals surface area contributed by atoms with Crippen LogP contribution in [0, 0.1) is 0 Å². The normalized spacial score (nSPS) is 13.7.